The summed E-state index contributed by atoms with van der Waals surface area (Å²) < 4.78 is 48.5. The number of likely N-dealkylation sites (tertiary alicyclic amines) is 1. The van der Waals surface area contributed by atoms with Gasteiger partial charge in [0.2, 0.25) is 0 Å². The van der Waals surface area contributed by atoms with Crippen molar-refractivity contribution in [3.63, 3.8) is 0 Å². The van der Waals surface area contributed by atoms with Crippen LogP contribution in [0, 0.1) is 24.4 Å². The van der Waals surface area contributed by atoms with Crippen LogP contribution >= 0.6 is 0 Å². The zero-order valence-corrected chi connectivity index (χ0v) is 19.1. The lowest BCUT2D eigenvalue weighted by Gasteiger charge is -2.42. The highest BCUT2D eigenvalue weighted by Gasteiger charge is 2.30. The summed E-state index contributed by atoms with van der Waals surface area (Å²) in [6.45, 7) is 6.24. The van der Waals surface area contributed by atoms with Crippen molar-refractivity contribution in [3.05, 3.63) is 83.8 Å². The molecule has 0 saturated carbocycles. The van der Waals surface area contributed by atoms with E-state index in [1.807, 2.05) is 40.8 Å². The molecule has 9 heteroatoms. The fraction of sp³-hybridized carbons (Fsp3) is 0.320. The van der Waals surface area contributed by atoms with Crippen molar-refractivity contribution >= 4 is 5.69 Å². The average Bonchev–Trinajstić information content (AvgIpc) is 3.26. The Morgan fingerprint density at radius 2 is 1.97 bits per heavy atom. The van der Waals surface area contributed by atoms with Crippen LogP contribution in [-0.2, 0) is 0 Å². The molecular formula is C25H27F3N4O2. The molecule has 4 rings (SSSR count). The monoisotopic (exact) mass is 472 g/mol. The summed E-state index contributed by atoms with van der Waals surface area (Å²) in [6, 6.07) is 6.65. The quantitative estimate of drug-likeness (QED) is 0.487. The lowest BCUT2D eigenvalue weighted by molar-refractivity contribution is 0.133. The van der Waals surface area contributed by atoms with Gasteiger partial charge in [-0.2, -0.15) is 0 Å². The molecule has 180 valence electrons. The Labute approximate surface area is 196 Å². The zero-order valence-electron chi connectivity index (χ0n) is 19.1. The van der Waals surface area contributed by atoms with E-state index in [0.29, 0.717) is 18.0 Å². The van der Waals surface area contributed by atoms with Gasteiger partial charge in [-0.1, -0.05) is 6.58 Å². The Morgan fingerprint density at radius 3 is 2.59 bits per heavy atom. The Balaban J connectivity index is 1.55. The first kappa shape index (κ1) is 23.7. The number of benzene rings is 2. The van der Waals surface area contributed by atoms with Crippen molar-refractivity contribution in [2.24, 2.45) is 0 Å². The van der Waals surface area contributed by atoms with Crippen LogP contribution in [0.5, 0.6) is 5.75 Å². The predicted molar refractivity (Wildman–Crippen MR) is 123 cm³/mol. The number of ether oxygens (including phenoxy) is 1. The van der Waals surface area contributed by atoms with Gasteiger partial charge in [-0.05, 0) is 49.6 Å². The third-order valence-electron chi connectivity index (χ3n) is 6.11. The lowest BCUT2D eigenvalue weighted by atomic mass is 9.96. The van der Waals surface area contributed by atoms with Gasteiger partial charge in [-0.3, -0.25) is 0 Å². The summed E-state index contributed by atoms with van der Waals surface area (Å²) in [6.07, 6.45) is 5.17. The molecule has 1 aliphatic heterocycles. The molecule has 34 heavy (non-hydrogen) atoms. The highest BCUT2D eigenvalue weighted by atomic mass is 19.2. The van der Waals surface area contributed by atoms with Crippen LogP contribution in [0.1, 0.15) is 30.1 Å². The smallest absolute Gasteiger partial charge is 0.194 e. The molecule has 3 aromatic rings. The van der Waals surface area contributed by atoms with E-state index in [4.69, 9.17) is 4.74 Å². The third kappa shape index (κ3) is 4.61. The van der Waals surface area contributed by atoms with Crippen molar-refractivity contribution in [2.45, 2.75) is 31.8 Å². The van der Waals surface area contributed by atoms with Gasteiger partial charge in [0, 0.05) is 30.2 Å². The summed E-state index contributed by atoms with van der Waals surface area (Å²) in [5, 5.41) is 13.5. The van der Waals surface area contributed by atoms with E-state index in [1.54, 1.807) is 13.4 Å². The molecule has 2 aromatic carbocycles. The molecule has 6 nitrogen and oxygen atoms in total. The average molecular weight is 473 g/mol. The largest absolute Gasteiger partial charge is 0.494 e. The number of nitrogens with zero attached hydrogens (tertiary/aromatic N) is 3. The van der Waals surface area contributed by atoms with E-state index in [2.05, 4.69) is 16.9 Å². The number of aliphatic hydroxyl groups is 1. The van der Waals surface area contributed by atoms with E-state index >= 15 is 0 Å². The number of aryl methyl sites for hydroxylation is 1. The second kappa shape index (κ2) is 9.80. The summed E-state index contributed by atoms with van der Waals surface area (Å²) in [5.74, 6) is -3.44. The van der Waals surface area contributed by atoms with Crippen LogP contribution < -0.4 is 10.1 Å². The number of halogens is 3. The second-order valence-electron chi connectivity index (χ2n) is 8.33. The summed E-state index contributed by atoms with van der Waals surface area (Å²) in [4.78, 5) is 6.07. The number of anilines is 1. The van der Waals surface area contributed by atoms with Crippen LogP contribution in [0.4, 0.5) is 18.9 Å². The molecule has 2 N–H and O–H groups in total. The normalized spacial score (nSPS) is 17.1. The molecule has 1 aliphatic rings. The van der Waals surface area contributed by atoms with Gasteiger partial charge in [-0.25, -0.2) is 18.2 Å². The number of methoxy groups -OCH3 is 1. The molecule has 1 fully saturated rings. The Morgan fingerprint density at radius 1 is 1.24 bits per heavy atom. The van der Waals surface area contributed by atoms with Crippen molar-refractivity contribution < 1.29 is 23.0 Å². The maximum Gasteiger partial charge on any atom is 0.194 e. The number of aromatic nitrogens is 2. The van der Waals surface area contributed by atoms with Crippen LogP contribution in [0.15, 0.2) is 55.1 Å². The zero-order chi connectivity index (χ0) is 24.4. The van der Waals surface area contributed by atoms with E-state index in [-0.39, 0.29) is 11.6 Å². The van der Waals surface area contributed by atoms with Crippen LogP contribution in [0.2, 0.25) is 0 Å². The van der Waals surface area contributed by atoms with Gasteiger partial charge in [0.05, 0.1) is 43.5 Å². The third-order valence-corrected chi connectivity index (χ3v) is 6.11. The topological polar surface area (TPSA) is 62.5 Å². The van der Waals surface area contributed by atoms with Crippen LogP contribution in [0.25, 0.3) is 5.69 Å². The minimum Gasteiger partial charge on any atom is -0.494 e. The standard InChI is InChI=1S/C25H27F3N4O2/c1-15-12-31(14-29-15)22-7-6-18(11-24(22)34-3)30-21-5-4-8-32(16(21)2)23(13-33)17-9-19(26)25(28)20(27)10-17/h6-7,9-12,14,21,23,30,33H,2,4-5,8,13H2,1,3H3. The van der Waals surface area contributed by atoms with E-state index in [9.17, 15) is 18.3 Å². The van der Waals surface area contributed by atoms with Crippen molar-refractivity contribution in [1.82, 2.24) is 14.5 Å². The van der Waals surface area contributed by atoms with Crippen molar-refractivity contribution in [3.8, 4) is 11.4 Å². The molecule has 1 saturated heterocycles. The van der Waals surface area contributed by atoms with Crippen LogP contribution in [-0.4, -0.2) is 45.9 Å². The molecule has 0 radical (unpaired) electrons. The van der Waals surface area contributed by atoms with Gasteiger partial charge < -0.3 is 24.6 Å². The first-order valence-electron chi connectivity index (χ1n) is 11.0. The molecular weight excluding hydrogens is 445 g/mol. The number of imidazole rings is 1. The Kier molecular flexibility index (Phi) is 6.83. The minimum absolute atomic E-state index is 0.155. The first-order valence-corrected chi connectivity index (χ1v) is 11.0. The van der Waals surface area contributed by atoms with Gasteiger partial charge in [0.15, 0.2) is 17.5 Å². The SMILES string of the molecule is C=C1C(Nc2ccc(-n3cnc(C)c3)c(OC)c2)CCCN1C(CO)c1cc(F)c(F)c(F)c1. The van der Waals surface area contributed by atoms with Gasteiger partial charge >= 0.3 is 0 Å². The van der Waals surface area contributed by atoms with Crippen molar-refractivity contribution in [2.75, 3.05) is 25.6 Å². The molecule has 2 unspecified atom stereocenters. The molecule has 0 spiro atoms. The van der Waals surface area contributed by atoms with Crippen molar-refractivity contribution in [1.29, 1.82) is 0 Å². The molecule has 1 aromatic heterocycles. The molecule has 2 atom stereocenters. The molecule has 0 aliphatic carbocycles. The van der Waals surface area contributed by atoms with E-state index in [0.717, 1.165) is 42.0 Å². The number of piperidine rings is 1. The van der Waals surface area contributed by atoms with E-state index < -0.39 is 30.1 Å². The lowest BCUT2D eigenvalue weighted by Crippen LogP contribution is -2.42. The number of hydrogen-bond acceptors (Lipinski definition) is 5. The molecule has 0 bridgehead atoms. The molecule has 0 amide bonds. The number of hydrogen-bond donors (Lipinski definition) is 2. The highest BCUT2D eigenvalue weighted by Crippen LogP contribution is 2.34. The van der Waals surface area contributed by atoms with Gasteiger partial charge in [0.25, 0.3) is 0 Å². The molecule has 2 heterocycles. The van der Waals surface area contributed by atoms with Gasteiger partial charge in [0.1, 0.15) is 5.75 Å². The highest BCUT2D eigenvalue weighted by molar-refractivity contribution is 5.59. The number of rotatable bonds is 7. The van der Waals surface area contributed by atoms with E-state index in [1.165, 1.54) is 0 Å². The summed E-state index contributed by atoms with van der Waals surface area (Å²) in [7, 11) is 1.60. The fourth-order valence-electron chi connectivity index (χ4n) is 4.37. The minimum atomic E-state index is -1.53. The first-order chi connectivity index (χ1) is 16.3. The summed E-state index contributed by atoms with van der Waals surface area (Å²) in [5.41, 5.74) is 3.37. The number of aliphatic hydroxyl groups excluding tert-OH is 1. The Bertz CT molecular complexity index is 1170. The van der Waals surface area contributed by atoms with Crippen LogP contribution in [0.3, 0.4) is 0 Å². The maximum absolute atomic E-state index is 13.8. The second-order valence-corrected chi connectivity index (χ2v) is 8.33. The van der Waals surface area contributed by atoms with Gasteiger partial charge in [-0.15, -0.1) is 0 Å². The fourth-order valence-corrected chi connectivity index (χ4v) is 4.37. The summed E-state index contributed by atoms with van der Waals surface area (Å²) >= 11 is 0. The Hall–Kier alpha value is -3.46. The maximum atomic E-state index is 13.8. The number of nitrogens with one attached hydrogen (secondary N) is 1. The predicted octanol–water partition coefficient (Wildman–Crippen LogP) is 4.73.